The number of para-hydroxylation sites is 3. The molecule has 0 saturated carbocycles. The normalized spacial score (nSPS) is 10.9. The van der Waals surface area contributed by atoms with Crippen LogP contribution in [0.4, 0.5) is 0 Å². The Morgan fingerprint density at radius 2 is 1.83 bits per heavy atom. The van der Waals surface area contributed by atoms with E-state index in [-0.39, 0.29) is 0 Å². The second-order valence-corrected chi connectivity index (χ2v) is 5.06. The molecule has 0 bridgehead atoms. The van der Waals surface area contributed by atoms with Gasteiger partial charge in [0.05, 0.1) is 12.1 Å². The van der Waals surface area contributed by atoms with Gasteiger partial charge in [0.1, 0.15) is 0 Å². The maximum Gasteiger partial charge on any atom is 0.336 e. The molecule has 0 fully saturated rings. The van der Waals surface area contributed by atoms with Crippen molar-refractivity contribution in [1.29, 1.82) is 0 Å². The molecule has 0 radical (unpaired) electrons. The third-order valence-electron chi connectivity index (χ3n) is 3.42. The number of fused-ring (bicyclic) bond motifs is 1. The molecule has 24 heavy (non-hydrogen) atoms. The molecule has 1 heterocycles. The van der Waals surface area contributed by atoms with E-state index in [0.717, 1.165) is 16.5 Å². The Bertz CT molecular complexity index is 881. The first kappa shape index (κ1) is 15.7. The molecule has 0 saturated heterocycles. The Labute approximate surface area is 140 Å². The van der Waals surface area contributed by atoms with Crippen molar-refractivity contribution in [3.8, 4) is 11.5 Å². The molecular weight excluding hydrogens is 302 g/mol. The van der Waals surface area contributed by atoms with Crippen molar-refractivity contribution in [3.63, 3.8) is 0 Å². The summed E-state index contributed by atoms with van der Waals surface area (Å²) in [6.45, 7) is 2.39. The van der Waals surface area contributed by atoms with Crippen molar-refractivity contribution in [2.75, 3.05) is 6.61 Å². The number of hydrogen-bond acceptors (Lipinski definition) is 4. The van der Waals surface area contributed by atoms with Crippen molar-refractivity contribution in [2.45, 2.75) is 6.92 Å². The second-order valence-electron chi connectivity index (χ2n) is 5.06. The molecule has 0 aliphatic carbocycles. The van der Waals surface area contributed by atoms with Gasteiger partial charge in [-0.2, -0.15) is 0 Å². The molecule has 0 atom stereocenters. The Morgan fingerprint density at radius 3 is 2.67 bits per heavy atom. The SMILES string of the molecule is CCOc1ccccc1OC(=O)/C=C/c1cccc2cccnc12. The maximum absolute atomic E-state index is 12.1. The van der Waals surface area contributed by atoms with E-state index < -0.39 is 5.97 Å². The van der Waals surface area contributed by atoms with Gasteiger partial charge in [-0.25, -0.2) is 4.79 Å². The van der Waals surface area contributed by atoms with Crippen LogP contribution in [0.2, 0.25) is 0 Å². The molecule has 0 aliphatic rings. The van der Waals surface area contributed by atoms with Gasteiger partial charge in [0.25, 0.3) is 0 Å². The monoisotopic (exact) mass is 319 g/mol. The van der Waals surface area contributed by atoms with Crippen molar-refractivity contribution in [1.82, 2.24) is 4.98 Å². The zero-order valence-electron chi connectivity index (χ0n) is 13.3. The molecular formula is C20H17NO3. The lowest BCUT2D eigenvalue weighted by Crippen LogP contribution is -2.05. The van der Waals surface area contributed by atoms with Crippen molar-refractivity contribution in [2.24, 2.45) is 0 Å². The summed E-state index contributed by atoms with van der Waals surface area (Å²) in [6, 6.07) is 16.8. The van der Waals surface area contributed by atoms with Gasteiger partial charge < -0.3 is 9.47 Å². The van der Waals surface area contributed by atoms with E-state index in [0.29, 0.717) is 18.1 Å². The Kier molecular flexibility index (Phi) is 4.87. The van der Waals surface area contributed by atoms with Crippen LogP contribution in [-0.4, -0.2) is 17.6 Å². The van der Waals surface area contributed by atoms with Gasteiger partial charge in [-0.1, -0.05) is 36.4 Å². The predicted octanol–water partition coefficient (Wildman–Crippen LogP) is 4.25. The lowest BCUT2D eigenvalue weighted by atomic mass is 10.1. The van der Waals surface area contributed by atoms with Crippen LogP contribution in [0, 0.1) is 0 Å². The highest BCUT2D eigenvalue weighted by molar-refractivity contribution is 5.93. The van der Waals surface area contributed by atoms with Crippen LogP contribution in [0.1, 0.15) is 12.5 Å². The smallest absolute Gasteiger partial charge is 0.336 e. The van der Waals surface area contributed by atoms with E-state index in [1.165, 1.54) is 6.08 Å². The van der Waals surface area contributed by atoms with Gasteiger partial charge in [-0.05, 0) is 31.2 Å². The molecule has 0 amide bonds. The average Bonchev–Trinajstić information content (AvgIpc) is 2.62. The fourth-order valence-corrected chi connectivity index (χ4v) is 2.37. The molecule has 0 spiro atoms. The minimum absolute atomic E-state index is 0.407. The van der Waals surface area contributed by atoms with Crippen LogP contribution >= 0.6 is 0 Å². The zero-order chi connectivity index (χ0) is 16.8. The molecule has 3 aromatic rings. The number of rotatable bonds is 5. The van der Waals surface area contributed by atoms with Crippen LogP contribution in [-0.2, 0) is 4.79 Å². The largest absolute Gasteiger partial charge is 0.490 e. The third-order valence-corrected chi connectivity index (χ3v) is 3.42. The second kappa shape index (κ2) is 7.42. The maximum atomic E-state index is 12.1. The summed E-state index contributed by atoms with van der Waals surface area (Å²) in [6.07, 6.45) is 4.84. The Balaban J connectivity index is 1.78. The number of esters is 1. The fourth-order valence-electron chi connectivity index (χ4n) is 2.37. The molecule has 4 nitrogen and oxygen atoms in total. The quantitative estimate of drug-likeness (QED) is 0.401. The summed E-state index contributed by atoms with van der Waals surface area (Å²) in [5.74, 6) is 0.494. The molecule has 2 aromatic carbocycles. The average molecular weight is 319 g/mol. The molecule has 4 heteroatoms. The van der Waals surface area contributed by atoms with Crippen LogP contribution in [0.3, 0.4) is 0 Å². The summed E-state index contributed by atoms with van der Waals surface area (Å²) < 4.78 is 10.8. The minimum atomic E-state index is -0.463. The number of aromatic nitrogens is 1. The van der Waals surface area contributed by atoms with E-state index in [4.69, 9.17) is 9.47 Å². The first-order chi connectivity index (χ1) is 11.8. The van der Waals surface area contributed by atoms with E-state index in [2.05, 4.69) is 4.98 Å². The van der Waals surface area contributed by atoms with Gasteiger partial charge in [-0.3, -0.25) is 4.98 Å². The predicted molar refractivity (Wildman–Crippen MR) is 94.0 cm³/mol. The fraction of sp³-hybridized carbons (Fsp3) is 0.100. The van der Waals surface area contributed by atoms with Crippen molar-refractivity contribution in [3.05, 3.63) is 72.4 Å². The van der Waals surface area contributed by atoms with Crippen molar-refractivity contribution < 1.29 is 14.3 Å². The first-order valence-electron chi connectivity index (χ1n) is 7.73. The van der Waals surface area contributed by atoms with Gasteiger partial charge >= 0.3 is 5.97 Å². The minimum Gasteiger partial charge on any atom is -0.490 e. The van der Waals surface area contributed by atoms with Gasteiger partial charge in [-0.15, -0.1) is 0 Å². The van der Waals surface area contributed by atoms with Crippen LogP contribution in [0.5, 0.6) is 11.5 Å². The number of benzene rings is 2. The van der Waals surface area contributed by atoms with Crippen molar-refractivity contribution >= 4 is 22.9 Å². The summed E-state index contributed by atoms with van der Waals surface area (Å²) in [4.78, 5) is 16.5. The molecule has 0 aliphatic heterocycles. The van der Waals surface area contributed by atoms with Crippen LogP contribution in [0.15, 0.2) is 66.9 Å². The third kappa shape index (κ3) is 3.60. The molecule has 1 aromatic heterocycles. The van der Waals surface area contributed by atoms with Crippen LogP contribution < -0.4 is 9.47 Å². The summed E-state index contributed by atoms with van der Waals surface area (Å²) in [5, 5.41) is 1.02. The Hall–Kier alpha value is -3.14. The van der Waals surface area contributed by atoms with Gasteiger partial charge in [0.2, 0.25) is 0 Å². The molecule has 0 N–H and O–H groups in total. The molecule has 0 unspecified atom stereocenters. The number of nitrogens with zero attached hydrogens (tertiary/aromatic N) is 1. The number of ether oxygens (including phenoxy) is 2. The molecule has 120 valence electrons. The van der Waals surface area contributed by atoms with Gasteiger partial charge in [0, 0.05) is 23.2 Å². The summed E-state index contributed by atoms with van der Waals surface area (Å²) in [7, 11) is 0. The van der Waals surface area contributed by atoms with E-state index in [1.807, 2.05) is 43.3 Å². The lowest BCUT2D eigenvalue weighted by molar-refractivity contribution is -0.129. The number of hydrogen-bond donors (Lipinski definition) is 0. The highest BCUT2D eigenvalue weighted by atomic mass is 16.6. The highest BCUT2D eigenvalue weighted by Gasteiger charge is 2.07. The number of pyridine rings is 1. The Morgan fingerprint density at radius 1 is 1.04 bits per heavy atom. The van der Waals surface area contributed by atoms with E-state index >= 15 is 0 Å². The van der Waals surface area contributed by atoms with Crippen LogP contribution in [0.25, 0.3) is 17.0 Å². The highest BCUT2D eigenvalue weighted by Crippen LogP contribution is 2.26. The topological polar surface area (TPSA) is 48.4 Å². The zero-order valence-corrected chi connectivity index (χ0v) is 13.3. The molecule has 3 rings (SSSR count). The summed E-state index contributed by atoms with van der Waals surface area (Å²) >= 11 is 0. The van der Waals surface area contributed by atoms with E-state index in [9.17, 15) is 4.79 Å². The first-order valence-corrected chi connectivity index (χ1v) is 7.73. The van der Waals surface area contributed by atoms with E-state index in [1.54, 1.807) is 30.5 Å². The number of carbonyl (C=O) groups is 1. The lowest BCUT2D eigenvalue weighted by Gasteiger charge is -2.08. The number of carbonyl (C=O) groups excluding carboxylic acids is 1. The summed E-state index contributed by atoms with van der Waals surface area (Å²) in [5.41, 5.74) is 1.71. The van der Waals surface area contributed by atoms with Gasteiger partial charge in [0.15, 0.2) is 11.5 Å². The standard InChI is InChI=1S/C20H17NO3/c1-2-23-17-10-3-4-11-18(17)24-19(22)13-12-16-8-5-7-15-9-6-14-21-20(15)16/h3-14H,2H2,1H3/b13-12+.